The zero-order valence-corrected chi connectivity index (χ0v) is 22.7. The zero-order valence-electron chi connectivity index (χ0n) is 22.7. The van der Waals surface area contributed by atoms with E-state index in [1.54, 1.807) is 0 Å². The Morgan fingerprint density at radius 3 is 2.15 bits per heavy atom. The van der Waals surface area contributed by atoms with Crippen molar-refractivity contribution < 1.29 is 24.0 Å². The topological polar surface area (TPSA) is 125 Å². The summed E-state index contributed by atoms with van der Waals surface area (Å²) in [6.45, 7) is 3.49. The monoisotopic (exact) mass is 542 g/mol. The highest BCUT2D eigenvalue weighted by Crippen LogP contribution is 2.20. The van der Waals surface area contributed by atoms with Crippen LogP contribution in [0.2, 0.25) is 0 Å². The summed E-state index contributed by atoms with van der Waals surface area (Å²) in [5, 5.41) is 10.2. The summed E-state index contributed by atoms with van der Waals surface area (Å²) in [4.78, 5) is 64.9. The third-order valence-electron chi connectivity index (χ3n) is 6.78. The zero-order chi connectivity index (χ0) is 28.6. The Balaban J connectivity index is 1.40. The molecule has 0 saturated carbocycles. The molecule has 3 aromatic carbocycles. The highest BCUT2D eigenvalue weighted by atomic mass is 16.2. The van der Waals surface area contributed by atoms with Gasteiger partial charge in [-0.25, -0.2) is 0 Å². The molecule has 1 fully saturated rings. The first-order chi connectivity index (χ1) is 19.2. The molecule has 5 amide bonds. The van der Waals surface area contributed by atoms with Crippen molar-refractivity contribution in [3.63, 3.8) is 0 Å². The standard InChI is InChI=1S/C31H34N4O5/c1-20(2)16-25(30(39)33-24-13-12-22-10-6-7-11-23(22)18-24)34-27(36)19-32-31(40)26(17-21-8-4-3-5-9-21)35-28(37)14-15-29(35)38/h3-13,18,20,25-26H,14-17,19H2,1-2H3,(H,32,40)(H,33,39)(H,34,36)/t25-,26-/m0/s1. The average molecular weight is 543 g/mol. The number of fused-ring (bicyclic) bond motifs is 1. The summed E-state index contributed by atoms with van der Waals surface area (Å²) >= 11 is 0. The Morgan fingerprint density at radius 2 is 1.48 bits per heavy atom. The highest BCUT2D eigenvalue weighted by molar-refractivity contribution is 6.06. The molecule has 0 aliphatic carbocycles. The van der Waals surface area contributed by atoms with E-state index in [9.17, 15) is 24.0 Å². The third-order valence-corrected chi connectivity index (χ3v) is 6.78. The highest BCUT2D eigenvalue weighted by Gasteiger charge is 2.39. The smallest absolute Gasteiger partial charge is 0.246 e. The quantitative estimate of drug-likeness (QED) is 0.321. The summed E-state index contributed by atoms with van der Waals surface area (Å²) in [6.07, 6.45) is 0.643. The van der Waals surface area contributed by atoms with Crippen LogP contribution in [0.25, 0.3) is 10.8 Å². The van der Waals surface area contributed by atoms with Crippen LogP contribution in [-0.4, -0.2) is 53.1 Å². The molecule has 3 N–H and O–H groups in total. The molecule has 1 heterocycles. The molecule has 1 aliphatic heterocycles. The minimum atomic E-state index is -1.07. The fraction of sp³-hybridized carbons (Fsp3) is 0.323. The largest absolute Gasteiger partial charge is 0.345 e. The molecule has 0 bridgehead atoms. The molecule has 2 atom stereocenters. The molecule has 208 valence electrons. The average Bonchev–Trinajstić information content (AvgIpc) is 3.27. The van der Waals surface area contributed by atoms with Gasteiger partial charge in [0.25, 0.3) is 0 Å². The number of carbonyl (C=O) groups excluding carboxylic acids is 5. The van der Waals surface area contributed by atoms with Crippen LogP contribution in [0.5, 0.6) is 0 Å². The Labute approximate surface area is 233 Å². The van der Waals surface area contributed by atoms with E-state index in [0.29, 0.717) is 12.1 Å². The lowest BCUT2D eigenvalue weighted by molar-refractivity contribution is -0.146. The number of imide groups is 1. The normalized spacial score (nSPS) is 14.7. The van der Waals surface area contributed by atoms with Crippen molar-refractivity contribution in [1.82, 2.24) is 15.5 Å². The van der Waals surface area contributed by atoms with Gasteiger partial charge in [0, 0.05) is 24.9 Å². The number of likely N-dealkylation sites (tertiary alicyclic amines) is 1. The molecule has 0 spiro atoms. The Morgan fingerprint density at radius 1 is 0.825 bits per heavy atom. The predicted octanol–water partition coefficient (Wildman–Crippen LogP) is 3.19. The van der Waals surface area contributed by atoms with E-state index in [4.69, 9.17) is 0 Å². The van der Waals surface area contributed by atoms with Crippen LogP contribution in [0.3, 0.4) is 0 Å². The lowest BCUT2D eigenvalue weighted by Gasteiger charge is -2.26. The summed E-state index contributed by atoms with van der Waals surface area (Å²) in [5.74, 6) is -2.22. The van der Waals surface area contributed by atoms with Gasteiger partial charge in [-0.15, -0.1) is 0 Å². The van der Waals surface area contributed by atoms with Gasteiger partial charge in [-0.05, 0) is 40.8 Å². The molecule has 0 aromatic heterocycles. The SMILES string of the molecule is CC(C)C[C@H](NC(=O)CNC(=O)[C@H](Cc1ccccc1)N1C(=O)CCC1=O)C(=O)Nc1ccc2ccccc2c1. The minimum absolute atomic E-state index is 0.0566. The van der Waals surface area contributed by atoms with Gasteiger partial charge in [0.2, 0.25) is 29.5 Å². The number of carbonyl (C=O) groups is 5. The number of rotatable bonds is 11. The second kappa shape index (κ2) is 13.0. The fourth-order valence-corrected chi connectivity index (χ4v) is 4.81. The third kappa shape index (κ3) is 7.31. The molecular weight excluding hydrogens is 508 g/mol. The van der Waals surface area contributed by atoms with Gasteiger partial charge >= 0.3 is 0 Å². The molecule has 3 aromatic rings. The first kappa shape index (κ1) is 28.5. The number of hydrogen-bond acceptors (Lipinski definition) is 5. The van der Waals surface area contributed by atoms with Crippen LogP contribution in [0.4, 0.5) is 5.69 Å². The number of anilines is 1. The maximum absolute atomic E-state index is 13.2. The van der Waals surface area contributed by atoms with E-state index in [0.717, 1.165) is 21.2 Å². The minimum Gasteiger partial charge on any atom is -0.345 e. The second-order valence-corrected chi connectivity index (χ2v) is 10.4. The first-order valence-electron chi connectivity index (χ1n) is 13.5. The van der Waals surface area contributed by atoms with E-state index < -0.39 is 42.3 Å². The molecule has 9 heteroatoms. The molecule has 40 heavy (non-hydrogen) atoms. The van der Waals surface area contributed by atoms with Gasteiger partial charge in [-0.1, -0.05) is 74.5 Å². The van der Waals surface area contributed by atoms with Gasteiger partial charge in [-0.2, -0.15) is 0 Å². The van der Waals surface area contributed by atoms with Crippen molar-refractivity contribution in [2.24, 2.45) is 5.92 Å². The molecule has 1 aliphatic rings. The van der Waals surface area contributed by atoms with E-state index in [1.807, 2.05) is 86.6 Å². The van der Waals surface area contributed by atoms with Crippen LogP contribution in [0.1, 0.15) is 38.7 Å². The number of nitrogens with zero attached hydrogens (tertiary/aromatic N) is 1. The van der Waals surface area contributed by atoms with E-state index in [2.05, 4.69) is 16.0 Å². The lowest BCUT2D eigenvalue weighted by Crippen LogP contribution is -2.53. The number of benzene rings is 3. The van der Waals surface area contributed by atoms with E-state index >= 15 is 0 Å². The summed E-state index contributed by atoms with van der Waals surface area (Å²) < 4.78 is 0. The van der Waals surface area contributed by atoms with Crippen molar-refractivity contribution in [3.05, 3.63) is 78.4 Å². The summed E-state index contributed by atoms with van der Waals surface area (Å²) in [5.41, 5.74) is 1.39. The molecule has 9 nitrogen and oxygen atoms in total. The maximum atomic E-state index is 13.2. The van der Waals surface area contributed by atoms with Crippen LogP contribution in [0, 0.1) is 5.92 Å². The number of hydrogen-bond donors (Lipinski definition) is 3. The van der Waals surface area contributed by atoms with E-state index in [1.165, 1.54) is 0 Å². The molecule has 4 rings (SSSR count). The van der Waals surface area contributed by atoms with Gasteiger partial charge in [-0.3, -0.25) is 28.9 Å². The van der Waals surface area contributed by atoms with Crippen LogP contribution < -0.4 is 16.0 Å². The van der Waals surface area contributed by atoms with Crippen molar-refractivity contribution in [1.29, 1.82) is 0 Å². The van der Waals surface area contributed by atoms with Crippen LogP contribution >= 0.6 is 0 Å². The molecule has 0 radical (unpaired) electrons. The Bertz CT molecular complexity index is 1390. The van der Waals surface area contributed by atoms with E-state index in [-0.39, 0.29) is 31.1 Å². The van der Waals surface area contributed by atoms with Gasteiger partial charge in [0.1, 0.15) is 12.1 Å². The molecule has 0 unspecified atom stereocenters. The number of nitrogens with one attached hydrogen (secondary N) is 3. The summed E-state index contributed by atoms with van der Waals surface area (Å²) in [7, 11) is 0. The Kier molecular flexibility index (Phi) is 9.27. The van der Waals surface area contributed by atoms with Gasteiger partial charge in [0.05, 0.1) is 6.54 Å². The maximum Gasteiger partial charge on any atom is 0.246 e. The van der Waals surface area contributed by atoms with Crippen molar-refractivity contribution >= 4 is 46.0 Å². The molecule has 1 saturated heterocycles. The Hall–Kier alpha value is -4.53. The predicted molar refractivity (Wildman–Crippen MR) is 152 cm³/mol. The van der Waals surface area contributed by atoms with Crippen molar-refractivity contribution in [2.75, 3.05) is 11.9 Å². The lowest BCUT2D eigenvalue weighted by atomic mass is 10.0. The van der Waals surface area contributed by atoms with Crippen LogP contribution in [0.15, 0.2) is 72.8 Å². The van der Waals surface area contributed by atoms with Crippen molar-refractivity contribution in [3.8, 4) is 0 Å². The van der Waals surface area contributed by atoms with Crippen molar-refractivity contribution in [2.45, 2.75) is 51.6 Å². The fourth-order valence-electron chi connectivity index (χ4n) is 4.81. The first-order valence-corrected chi connectivity index (χ1v) is 13.5. The van der Waals surface area contributed by atoms with Crippen LogP contribution in [-0.2, 0) is 30.4 Å². The van der Waals surface area contributed by atoms with Gasteiger partial charge in [0.15, 0.2) is 0 Å². The number of amides is 5. The van der Waals surface area contributed by atoms with Gasteiger partial charge < -0.3 is 16.0 Å². The summed E-state index contributed by atoms with van der Waals surface area (Å²) in [6, 6.07) is 20.6. The molecular formula is C31H34N4O5. The second-order valence-electron chi connectivity index (χ2n) is 10.4.